The maximum absolute atomic E-state index is 5.35. The molecular formula is C14H15N3OS. The van der Waals surface area contributed by atoms with Crippen LogP contribution in [-0.4, -0.2) is 23.2 Å². The zero-order valence-corrected chi connectivity index (χ0v) is 11.7. The number of rotatable bonds is 4. The Labute approximate surface area is 115 Å². The van der Waals surface area contributed by atoms with Gasteiger partial charge >= 0.3 is 0 Å². The molecule has 3 rings (SSSR count). The van der Waals surface area contributed by atoms with Crippen LogP contribution >= 0.6 is 11.3 Å². The molecule has 0 amide bonds. The first-order valence-electron chi connectivity index (χ1n) is 6.25. The van der Waals surface area contributed by atoms with Crippen molar-refractivity contribution < 1.29 is 4.52 Å². The minimum Gasteiger partial charge on any atom is -0.333 e. The number of benzene rings is 1. The van der Waals surface area contributed by atoms with Crippen molar-refractivity contribution in [2.75, 3.05) is 7.05 Å². The summed E-state index contributed by atoms with van der Waals surface area (Å²) in [6.07, 6.45) is 0.769. The van der Waals surface area contributed by atoms with Crippen LogP contribution < -0.4 is 5.32 Å². The van der Waals surface area contributed by atoms with Gasteiger partial charge in [0.25, 0.3) is 5.89 Å². The number of hydrogen-bond donors (Lipinski definition) is 1. The molecule has 0 aliphatic heterocycles. The average Bonchev–Trinajstić information content (AvgIpc) is 3.04. The van der Waals surface area contributed by atoms with Gasteiger partial charge in [-0.15, -0.1) is 11.3 Å². The molecule has 0 fully saturated rings. The Kier molecular flexibility index (Phi) is 3.31. The van der Waals surface area contributed by atoms with Crippen LogP contribution in [0.4, 0.5) is 0 Å². The highest BCUT2D eigenvalue weighted by molar-refractivity contribution is 7.22. The normalized spacial score (nSPS) is 12.9. The number of thiophene rings is 1. The topological polar surface area (TPSA) is 51.0 Å². The number of hydrogen-bond acceptors (Lipinski definition) is 5. The van der Waals surface area contributed by atoms with Gasteiger partial charge in [0.15, 0.2) is 5.82 Å². The molecule has 0 aliphatic rings. The van der Waals surface area contributed by atoms with E-state index in [2.05, 4.69) is 40.6 Å². The first kappa shape index (κ1) is 12.3. The summed E-state index contributed by atoms with van der Waals surface area (Å²) in [6, 6.07) is 10.7. The largest absolute Gasteiger partial charge is 0.333 e. The smallest absolute Gasteiger partial charge is 0.268 e. The quantitative estimate of drug-likeness (QED) is 0.793. The molecule has 3 aromatic rings. The van der Waals surface area contributed by atoms with E-state index in [1.165, 1.54) is 10.1 Å². The zero-order chi connectivity index (χ0) is 13.2. The molecule has 1 N–H and O–H groups in total. The van der Waals surface area contributed by atoms with Crippen molar-refractivity contribution in [1.29, 1.82) is 0 Å². The minimum atomic E-state index is 0.341. The van der Waals surface area contributed by atoms with Gasteiger partial charge in [-0.2, -0.15) is 4.98 Å². The lowest BCUT2D eigenvalue weighted by Gasteiger charge is -2.04. The van der Waals surface area contributed by atoms with Crippen LogP contribution in [0.25, 0.3) is 20.9 Å². The Balaban J connectivity index is 1.89. The van der Waals surface area contributed by atoms with Crippen LogP contribution in [0.2, 0.25) is 0 Å². The van der Waals surface area contributed by atoms with E-state index in [0.717, 1.165) is 17.1 Å². The standard InChI is InChI=1S/C14H15N3OS/c1-9(15-2)7-13-16-14(18-17-13)12-8-10-5-3-4-6-11(10)19-12/h3-6,8-9,15H,7H2,1-2H3. The summed E-state index contributed by atoms with van der Waals surface area (Å²) in [6.45, 7) is 2.09. The van der Waals surface area contributed by atoms with Gasteiger partial charge < -0.3 is 9.84 Å². The second-order valence-electron chi connectivity index (χ2n) is 4.56. The van der Waals surface area contributed by atoms with Gasteiger partial charge in [-0.1, -0.05) is 23.4 Å². The van der Waals surface area contributed by atoms with Crippen LogP contribution in [-0.2, 0) is 6.42 Å². The van der Waals surface area contributed by atoms with E-state index < -0.39 is 0 Å². The molecule has 1 unspecified atom stereocenters. The fourth-order valence-corrected chi connectivity index (χ4v) is 2.88. The Morgan fingerprint density at radius 1 is 1.37 bits per heavy atom. The molecule has 0 saturated carbocycles. The molecule has 0 saturated heterocycles. The number of fused-ring (bicyclic) bond motifs is 1. The summed E-state index contributed by atoms with van der Waals surface area (Å²) in [5.41, 5.74) is 0. The Hall–Kier alpha value is -1.72. The second-order valence-corrected chi connectivity index (χ2v) is 5.64. The third-order valence-electron chi connectivity index (χ3n) is 3.09. The van der Waals surface area contributed by atoms with E-state index in [1.54, 1.807) is 11.3 Å². The van der Waals surface area contributed by atoms with E-state index in [-0.39, 0.29) is 0 Å². The summed E-state index contributed by atoms with van der Waals surface area (Å²) in [4.78, 5) is 5.48. The third-order valence-corrected chi connectivity index (χ3v) is 4.19. The van der Waals surface area contributed by atoms with Crippen molar-refractivity contribution in [2.24, 2.45) is 0 Å². The van der Waals surface area contributed by atoms with Crippen molar-refractivity contribution in [3.05, 3.63) is 36.2 Å². The van der Waals surface area contributed by atoms with Crippen LogP contribution in [0.3, 0.4) is 0 Å². The number of nitrogens with zero attached hydrogens (tertiary/aromatic N) is 2. The van der Waals surface area contributed by atoms with Gasteiger partial charge in [0, 0.05) is 17.2 Å². The number of aromatic nitrogens is 2. The molecule has 0 aliphatic carbocycles. The average molecular weight is 273 g/mol. The van der Waals surface area contributed by atoms with Crippen molar-refractivity contribution in [3.8, 4) is 10.8 Å². The van der Waals surface area contributed by atoms with E-state index in [0.29, 0.717) is 11.9 Å². The number of likely N-dealkylation sites (N-methyl/N-ethyl adjacent to an activating group) is 1. The summed E-state index contributed by atoms with van der Waals surface area (Å²) < 4.78 is 6.58. The van der Waals surface area contributed by atoms with Crippen molar-refractivity contribution >= 4 is 21.4 Å². The molecule has 19 heavy (non-hydrogen) atoms. The van der Waals surface area contributed by atoms with Gasteiger partial charge in [0.2, 0.25) is 0 Å². The molecule has 0 radical (unpaired) electrons. The minimum absolute atomic E-state index is 0.341. The van der Waals surface area contributed by atoms with Gasteiger partial charge in [0.1, 0.15) is 0 Å². The summed E-state index contributed by atoms with van der Waals surface area (Å²) in [7, 11) is 1.93. The molecule has 2 heterocycles. The molecule has 1 aromatic carbocycles. The summed E-state index contributed by atoms with van der Waals surface area (Å²) in [5, 5.41) is 8.41. The fourth-order valence-electron chi connectivity index (χ4n) is 1.90. The van der Waals surface area contributed by atoms with E-state index in [1.807, 2.05) is 19.2 Å². The van der Waals surface area contributed by atoms with E-state index >= 15 is 0 Å². The lowest BCUT2D eigenvalue weighted by molar-refractivity contribution is 0.419. The first-order valence-corrected chi connectivity index (χ1v) is 7.06. The van der Waals surface area contributed by atoms with Gasteiger partial charge in [0.05, 0.1) is 4.88 Å². The van der Waals surface area contributed by atoms with Gasteiger partial charge in [-0.3, -0.25) is 0 Å². The molecule has 0 spiro atoms. The molecule has 98 valence electrons. The lowest BCUT2D eigenvalue weighted by atomic mass is 10.2. The summed E-state index contributed by atoms with van der Waals surface area (Å²) >= 11 is 1.68. The lowest BCUT2D eigenvalue weighted by Crippen LogP contribution is -2.24. The van der Waals surface area contributed by atoms with Crippen LogP contribution in [0.1, 0.15) is 12.7 Å². The zero-order valence-electron chi connectivity index (χ0n) is 10.9. The molecule has 4 nitrogen and oxygen atoms in total. The molecule has 1 atom stereocenters. The summed E-state index contributed by atoms with van der Waals surface area (Å²) in [5.74, 6) is 1.36. The Bertz CT molecular complexity index is 656. The van der Waals surface area contributed by atoms with Crippen molar-refractivity contribution in [1.82, 2.24) is 15.5 Å². The third kappa shape index (κ3) is 2.52. The predicted molar refractivity (Wildman–Crippen MR) is 77.3 cm³/mol. The maximum Gasteiger partial charge on any atom is 0.268 e. The van der Waals surface area contributed by atoms with Gasteiger partial charge in [-0.05, 0) is 31.5 Å². The van der Waals surface area contributed by atoms with Gasteiger partial charge in [-0.25, -0.2) is 0 Å². The van der Waals surface area contributed by atoms with E-state index in [4.69, 9.17) is 4.52 Å². The highest BCUT2D eigenvalue weighted by atomic mass is 32.1. The second kappa shape index (κ2) is 5.11. The molecule has 0 bridgehead atoms. The Morgan fingerprint density at radius 3 is 3.00 bits per heavy atom. The van der Waals surface area contributed by atoms with Crippen LogP contribution in [0.5, 0.6) is 0 Å². The van der Waals surface area contributed by atoms with Crippen LogP contribution in [0.15, 0.2) is 34.9 Å². The SMILES string of the molecule is CNC(C)Cc1noc(-c2cc3ccccc3s2)n1. The number of nitrogens with one attached hydrogen (secondary N) is 1. The molecular weight excluding hydrogens is 258 g/mol. The monoisotopic (exact) mass is 273 g/mol. The predicted octanol–water partition coefficient (Wildman–Crippen LogP) is 3.10. The first-order chi connectivity index (χ1) is 9.26. The maximum atomic E-state index is 5.35. The Morgan fingerprint density at radius 2 is 2.21 bits per heavy atom. The highest BCUT2D eigenvalue weighted by Gasteiger charge is 2.13. The highest BCUT2D eigenvalue weighted by Crippen LogP contribution is 2.32. The van der Waals surface area contributed by atoms with Crippen LogP contribution in [0, 0.1) is 0 Å². The fraction of sp³-hybridized carbons (Fsp3) is 0.286. The van der Waals surface area contributed by atoms with E-state index in [9.17, 15) is 0 Å². The molecule has 2 aromatic heterocycles. The van der Waals surface area contributed by atoms with Crippen molar-refractivity contribution in [2.45, 2.75) is 19.4 Å². The molecule has 5 heteroatoms. The van der Waals surface area contributed by atoms with Crippen molar-refractivity contribution in [3.63, 3.8) is 0 Å².